The largest absolute Gasteiger partial charge is 0.477 e. The molecule has 146 valence electrons. The van der Waals surface area contributed by atoms with E-state index in [9.17, 15) is 19.5 Å². The number of nitrogens with one attached hydrogen (secondary N) is 1. The number of aromatic nitrogens is 1. The van der Waals surface area contributed by atoms with Crippen molar-refractivity contribution < 1.29 is 24.3 Å². The smallest absolute Gasteiger partial charge is 0.352 e. The van der Waals surface area contributed by atoms with Gasteiger partial charge in [0.2, 0.25) is 0 Å². The average Bonchev–Trinajstić information content (AvgIpc) is 3.02. The number of nitrogens with zero attached hydrogens (tertiary/aromatic N) is 3. The highest BCUT2D eigenvalue weighted by Crippen LogP contribution is 2.40. The molecule has 1 aromatic rings. The van der Waals surface area contributed by atoms with Gasteiger partial charge in [0.15, 0.2) is 10.8 Å². The van der Waals surface area contributed by atoms with Crippen LogP contribution in [-0.4, -0.2) is 62.8 Å². The third-order valence-corrected chi connectivity index (χ3v) is 5.91. The Kier molecular flexibility index (Phi) is 6.34. The summed E-state index contributed by atoms with van der Waals surface area (Å²) in [5.74, 6) is -1.84. The lowest BCUT2D eigenvalue weighted by Gasteiger charge is -2.49. The third-order valence-electron chi connectivity index (χ3n) is 3.81. The van der Waals surface area contributed by atoms with Crippen molar-refractivity contribution in [1.82, 2.24) is 15.2 Å². The van der Waals surface area contributed by atoms with Gasteiger partial charge in [-0.1, -0.05) is 5.16 Å². The second-order valence-corrected chi connectivity index (χ2v) is 7.48. The van der Waals surface area contributed by atoms with Crippen LogP contribution >= 0.6 is 35.5 Å². The lowest BCUT2D eigenvalue weighted by atomic mass is 10.0. The van der Waals surface area contributed by atoms with Crippen molar-refractivity contribution >= 4 is 64.1 Å². The number of carbonyl (C=O) groups excluding carboxylic acids is 2. The van der Waals surface area contributed by atoms with E-state index in [1.165, 1.54) is 23.8 Å². The van der Waals surface area contributed by atoms with Crippen molar-refractivity contribution in [2.45, 2.75) is 18.3 Å². The van der Waals surface area contributed by atoms with Crippen LogP contribution in [0.2, 0.25) is 0 Å². The number of oxime groups is 1. The van der Waals surface area contributed by atoms with E-state index in [0.29, 0.717) is 11.3 Å². The van der Waals surface area contributed by atoms with Crippen molar-refractivity contribution in [3.8, 4) is 0 Å². The van der Waals surface area contributed by atoms with Gasteiger partial charge in [-0.2, -0.15) is 0 Å². The maximum absolute atomic E-state index is 12.5. The van der Waals surface area contributed by atoms with Gasteiger partial charge in [-0.25, -0.2) is 9.78 Å². The Hall–Kier alpha value is -2.31. The van der Waals surface area contributed by atoms with Crippen LogP contribution < -0.4 is 11.1 Å². The fraction of sp³-hybridized carbons (Fsp3) is 0.357. The Morgan fingerprint density at radius 1 is 1.52 bits per heavy atom. The quantitative estimate of drug-likeness (QED) is 0.340. The molecule has 0 radical (unpaired) electrons. The average molecular weight is 434 g/mol. The molecule has 2 atom stereocenters. The summed E-state index contributed by atoms with van der Waals surface area (Å²) in [6, 6.07) is -0.854. The summed E-state index contributed by atoms with van der Waals surface area (Å²) in [5.41, 5.74) is 6.27. The number of anilines is 1. The van der Waals surface area contributed by atoms with Gasteiger partial charge >= 0.3 is 5.97 Å². The monoisotopic (exact) mass is 433 g/mol. The van der Waals surface area contributed by atoms with E-state index in [1.807, 2.05) is 0 Å². The predicted molar refractivity (Wildman–Crippen MR) is 103 cm³/mol. The topological polar surface area (TPSA) is 147 Å². The van der Waals surface area contributed by atoms with Crippen molar-refractivity contribution in [3.63, 3.8) is 0 Å². The number of β-lactam (4-membered cyclic amide) rings is 1. The number of hydrogen-bond acceptors (Lipinski definition) is 9. The molecule has 13 heteroatoms. The van der Waals surface area contributed by atoms with Crippen LogP contribution in [0.3, 0.4) is 0 Å². The summed E-state index contributed by atoms with van der Waals surface area (Å²) in [4.78, 5) is 46.2. The SMILES string of the molecule is CON=C(C(=O)N[C@@H]1C(=O)N2C(C(=O)O)=C(C)CS[C@H]12)c1csc(N)n1.Cl. The molecule has 4 N–H and O–H groups in total. The molecule has 2 aliphatic heterocycles. The molecule has 0 unspecified atom stereocenters. The first-order chi connectivity index (χ1) is 12.3. The van der Waals surface area contributed by atoms with Crippen molar-refractivity contribution in [1.29, 1.82) is 0 Å². The molecule has 0 aromatic carbocycles. The molecule has 0 aliphatic carbocycles. The minimum Gasteiger partial charge on any atom is -0.477 e. The van der Waals surface area contributed by atoms with Gasteiger partial charge in [0.25, 0.3) is 11.8 Å². The number of halogens is 1. The van der Waals surface area contributed by atoms with Gasteiger partial charge in [0.1, 0.15) is 29.9 Å². The molecule has 0 bridgehead atoms. The number of nitrogens with two attached hydrogens (primary N) is 1. The number of thioether (sulfide) groups is 1. The van der Waals surface area contributed by atoms with Gasteiger partial charge in [0.05, 0.1) is 0 Å². The highest BCUT2D eigenvalue weighted by molar-refractivity contribution is 8.00. The van der Waals surface area contributed by atoms with Crippen LogP contribution in [0.25, 0.3) is 0 Å². The highest BCUT2D eigenvalue weighted by Gasteiger charge is 2.54. The first-order valence-corrected chi connectivity index (χ1v) is 9.29. The van der Waals surface area contributed by atoms with Crippen molar-refractivity contribution in [2.24, 2.45) is 5.16 Å². The molecule has 0 saturated carbocycles. The summed E-state index contributed by atoms with van der Waals surface area (Å²) < 4.78 is 0. The lowest BCUT2D eigenvalue weighted by molar-refractivity contribution is -0.150. The van der Waals surface area contributed by atoms with Crippen molar-refractivity contribution in [3.05, 3.63) is 22.3 Å². The number of carboxylic acids is 1. The number of carbonyl (C=O) groups is 3. The highest BCUT2D eigenvalue weighted by atomic mass is 35.5. The standard InChI is InChI=1S/C14H15N5O5S2.ClH/c1-5-3-25-12-8(11(21)19(12)9(5)13(22)23)17-10(20)7(18-24-2)6-4-26-14(15)16-6;/h4,8,12H,3H2,1-2H3,(H2,15,16)(H,17,20)(H,22,23);1H/t8-,12-;/m1./s1. The zero-order valence-electron chi connectivity index (χ0n) is 14.2. The zero-order valence-corrected chi connectivity index (χ0v) is 16.6. The van der Waals surface area contributed by atoms with E-state index in [1.54, 1.807) is 12.3 Å². The summed E-state index contributed by atoms with van der Waals surface area (Å²) in [5, 5.41) is 16.9. The fourth-order valence-corrected chi connectivity index (χ4v) is 4.52. The minimum absolute atomic E-state index is 0. The van der Waals surface area contributed by atoms with E-state index in [2.05, 4.69) is 20.3 Å². The molecule has 3 heterocycles. The predicted octanol–water partition coefficient (Wildman–Crippen LogP) is 0.256. The number of carboxylic acid groups (broad SMARTS) is 1. The number of hydrogen-bond donors (Lipinski definition) is 3. The van der Waals surface area contributed by atoms with Crippen LogP contribution in [0.15, 0.2) is 21.8 Å². The number of thiazole rings is 1. The number of rotatable bonds is 5. The molecular weight excluding hydrogens is 418 g/mol. The summed E-state index contributed by atoms with van der Waals surface area (Å²) in [7, 11) is 1.28. The lowest BCUT2D eigenvalue weighted by Crippen LogP contribution is -2.71. The maximum Gasteiger partial charge on any atom is 0.352 e. The number of aliphatic carboxylic acids is 1. The van der Waals surface area contributed by atoms with Crippen molar-refractivity contribution in [2.75, 3.05) is 18.6 Å². The van der Waals surface area contributed by atoms with Gasteiger partial charge in [-0.15, -0.1) is 35.5 Å². The molecule has 10 nitrogen and oxygen atoms in total. The molecular formula is C14H16ClN5O5S2. The summed E-state index contributed by atoms with van der Waals surface area (Å²) in [6.07, 6.45) is 0. The molecule has 1 aromatic heterocycles. The normalized spacial score (nSPS) is 21.8. The minimum atomic E-state index is -1.16. The first-order valence-electron chi connectivity index (χ1n) is 7.36. The van der Waals surface area contributed by atoms with E-state index >= 15 is 0 Å². The first kappa shape index (κ1) is 21.0. The zero-order chi connectivity index (χ0) is 19.0. The Morgan fingerprint density at radius 3 is 2.78 bits per heavy atom. The van der Waals surface area contributed by atoms with Crippen LogP contribution in [0.5, 0.6) is 0 Å². The van der Waals surface area contributed by atoms with Crippen LogP contribution in [0, 0.1) is 0 Å². The molecule has 2 amide bonds. The Morgan fingerprint density at radius 2 is 2.22 bits per heavy atom. The fourth-order valence-electron chi connectivity index (χ4n) is 2.68. The maximum atomic E-state index is 12.5. The Labute approximate surface area is 168 Å². The molecule has 1 saturated heterocycles. The Balaban J connectivity index is 0.00000261. The van der Waals surface area contributed by atoms with Gasteiger partial charge in [-0.05, 0) is 12.5 Å². The third kappa shape index (κ3) is 3.73. The van der Waals surface area contributed by atoms with Gasteiger partial charge in [-0.3, -0.25) is 14.5 Å². The van der Waals surface area contributed by atoms with E-state index in [-0.39, 0.29) is 34.6 Å². The second-order valence-electron chi connectivity index (χ2n) is 5.49. The van der Waals surface area contributed by atoms with Gasteiger partial charge in [0, 0.05) is 11.1 Å². The summed E-state index contributed by atoms with van der Waals surface area (Å²) in [6.45, 7) is 1.67. The molecule has 3 rings (SSSR count). The van der Waals surface area contributed by atoms with Crippen LogP contribution in [0.1, 0.15) is 12.6 Å². The summed E-state index contributed by atoms with van der Waals surface area (Å²) >= 11 is 2.52. The van der Waals surface area contributed by atoms with Gasteiger partial charge < -0.3 is 21.0 Å². The van der Waals surface area contributed by atoms with E-state index < -0.39 is 29.2 Å². The molecule has 1 fully saturated rings. The molecule has 27 heavy (non-hydrogen) atoms. The Bertz CT molecular complexity index is 855. The molecule has 0 spiro atoms. The molecule has 2 aliphatic rings. The number of fused-ring (bicyclic) bond motifs is 1. The second kappa shape index (κ2) is 8.15. The van der Waals surface area contributed by atoms with E-state index in [0.717, 1.165) is 11.3 Å². The van der Waals surface area contributed by atoms with E-state index in [4.69, 9.17) is 5.73 Å². The number of nitrogen functional groups attached to an aromatic ring is 1. The van der Waals surface area contributed by atoms with Crippen LogP contribution in [-0.2, 0) is 19.2 Å². The number of amides is 2. The van der Waals surface area contributed by atoms with Crippen LogP contribution in [0.4, 0.5) is 5.13 Å².